The fourth-order valence-electron chi connectivity index (χ4n) is 1.95. The summed E-state index contributed by atoms with van der Waals surface area (Å²) in [6, 6.07) is 16.5. The van der Waals surface area contributed by atoms with Gasteiger partial charge in [0.05, 0.1) is 0 Å². The van der Waals surface area contributed by atoms with Crippen molar-refractivity contribution in [2.24, 2.45) is 0 Å². The predicted octanol–water partition coefficient (Wildman–Crippen LogP) is 2.02. The van der Waals surface area contributed by atoms with Gasteiger partial charge < -0.3 is 20.1 Å². The minimum atomic E-state index is -0.218. The zero-order chi connectivity index (χ0) is 15.8. The Hall–Kier alpha value is -2.69. The monoisotopic (exact) mass is 300 g/mol. The van der Waals surface area contributed by atoms with E-state index in [0.717, 1.165) is 5.69 Å². The number of ether oxygens (including phenoxy) is 1. The number of likely N-dealkylation sites (N-methyl/N-ethyl adjacent to an activating group) is 1. The smallest absolute Gasteiger partial charge is 0.258 e. The molecule has 0 saturated heterocycles. The molecule has 0 saturated carbocycles. The Morgan fingerprint density at radius 2 is 1.82 bits per heavy atom. The highest BCUT2D eigenvalue weighted by Crippen LogP contribution is 2.23. The average molecular weight is 300 g/mol. The van der Waals surface area contributed by atoms with Gasteiger partial charge in [-0.2, -0.15) is 0 Å². The van der Waals surface area contributed by atoms with Crippen LogP contribution in [-0.2, 0) is 4.79 Å². The van der Waals surface area contributed by atoms with E-state index in [9.17, 15) is 9.90 Å². The molecule has 0 aliphatic carbocycles. The second-order valence-corrected chi connectivity index (χ2v) is 4.86. The molecule has 2 aromatic rings. The average Bonchev–Trinajstić information content (AvgIpc) is 2.55. The van der Waals surface area contributed by atoms with Crippen LogP contribution in [0, 0.1) is 0 Å². The number of carbonyl (C=O) groups is 1. The number of phenolic OH excluding ortho intramolecular Hbond substituents is 1. The van der Waals surface area contributed by atoms with Gasteiger partial charge in [0.2, 0.25) is 0 Å². The number of amides is 1. The summed E-state index contributed by atoms with van der Waals surface area (Å²) in [6.45, 7) is 1.10. The molecule has 0 unspecified atom stereocenters. The van der Waals surface area contributed by atoms with Crippen molar-refractivity contribution >= 4 is 11.6 Å². The van der Waals surface area contributed by atoms with Gasteiger partial charge in [0.25, 0.3) is 5.91 Å². The van der Waals surface area contributed by atoms with Crippen molar-refractivity contribution in [1.29, 1.82) is 0 Å². The minimum absolute atomic E-state index is 0.0270. The lowest BCUT2D eigenvalue weighted by Crippen LogP contribution is -2.35. The van der Waals surface area contributed by atoms with Crippen molar-refractivity contribution in [3.05, 3.63) is 54.6 Å². The van der Waals surface area contributed by atoms with E-state index in [1.54, 1.807) is 18.2 Å². The van der Waals surface area contributed by atoms with E-state index in [4.69, 9.17) is 4.74 Å². The van der Waals surface area contributed by atoms with E-state index in [-0.39, 0.29) is 18.3 Å². The first kappa shape index (κ1) is 15.7. The molecule has 0 aliphatic heterocycles. The van der Waals surface area contributed by atoms with E-state index >= 15 is 0 Å². The van der Waals surface area contributed by atoms with Crippen molar-refractivity contribution in [3.63, 3.8) is 0 Å². The lowest BCUT2D eigenvalue weighted by Gasteiger charge is -2.19. The highest BCUT2D eigenvalue weighted by molar-refractivity contribution is 5.77. The van der Waals surface area contributed by atoms with E-state index in [1.807, 2.05) is 37.4 Å². The van der Waals surface area contributed by atoms with Crippen LogP contribution in [0.3, 0.4) is 0 Å². The van der Waals surface area contributed by atoms with Gasteiger partial charge in [-0.15, -0.1) is 0 Å². The van der Waals surface area contributed by atoms with Crippen molar-refractivity contribution < 1.29 is 14.6 Å². The van der Waals surface area contributed by atoms with Crippen LogP contribution in [0.1, 0.15) is 0 Å². The van der Waals surface area contributed by atoms with Crippen molar-refractivity contribution in [1.82, 2.24) is 5.32 Å². The lowest BCUT2D eigenvalue weighted by atomic mass is 10.3. The topological polar surface area (TPSA) is 61.8 Å². The molecule has 0 heterocycles. The van der Waals surface area contributed by atoms with Gasteiger partial charge in [0.15, 0.2) is 18.1 Å². The summed E-state index contributed by atoms with van der Waals surface area (Å²) < 4.78 is 5.27. The molecule has 2 rings (SSSR count). The van der Waals surface area contributed by atoms with Crippen molar-refractivity contribution in [2.75, 3.05) is 31.6 Å². The van der Waals surface area contributed by atoms with Gasteiger partial charge in [-0.25, -0.2) is 0 Å². The molecule has 0 aromatic heterocycles. The molecule has 2 aromatic carbocycles. The first-order valence-corrected chi connectivity index (χ1v) is 7.10. The van der Waals surface area contributed by atoms with E-state index in [1.165, 1.54) is 6.07 Å². The fourth-order valence-corrected chi connectivity index (χ4v) is 1.95. The van der Waals surface area contributed by atoms with E-state index in [2.05, 4.69) is 10.2 Å². The quantitative estimate of drug-likeness (QED) is 0.821. The molecule has 2 N–H and O–H groups in total. The number of para-hydroxylation sites is 3. The van der Waals surface area contributed by atoms with Crippen LogP contribution in [0.4, 0.5) is 5.69 Å². The Kier molecular flexibility index (Phi) is 5.65. The normalized spacial score (nSPS) is 10.0. The van der Waals surface area contributed by atoms with Gasteiger partial charge in [0, 0.05) is 25.8 Å². The highest BCUT2D eigenvalue weighted by Gasteiger charge is 2.06. The number of rotatable bonds is 7. The third-order valence-electron chi connectivity index (χ3n) is 3.19. The van der Waals surface area contributed by atoms with E-state index < -0.39 is 0 Å². The predicted molar refractivity (Wildman–Crippen MR) is 86.3 cm³/mol. The summed E-state index contributed by atoms with van der Waals surface area (Å²) >= 11 is 0. The number of hydrogen-bond acceptors (Lipinski definition) is 4. The van der Waals surface area contributed by atoms with Crippen molar-refractivity contribution in [2.45, 2.75) is 0 Å². The SMILES string of the molecule is CN(CCNC(=O)COc1ccccc1O)c1ccccc1. The Morgan fingerprint density at radius 3 is 2.55 bits per heavy atom. The van der Waals surface area contributed by atoms with Crippen LogP contribution in [0.2, 0.25) is 0 Å². The minimum Gasteiger partial charge on any atom is -0.504 e. The van der Waals surface area contributed by atoms with Crippen LogP contribution in [0.25, 0.3) is 0 Å². The molecule has 116 valence electrons. The number of nitrogens with zero attached hydrogens (tertiary/aromatic N) is 1. The summed E-state index contributed by atoms with van der Waals surface area (Å²) in [6.07, 6.45) is 0. The molecular formula is C17H20N2O3. The second-order valence-electron chi connectivity index (χ2n) is 4.86. The second kappa shape index (κ2) is 7.93. The van der Waals surface area contributed by atoms with Crippen LogP contribution in [0.5, 0.6) is 11.5 Å². The third-order valence-corrected chi connectivity index (χ3v) is 3.19. The highest BCUT2D eigenvalue weighted by atomic mass is 16.5. The standard InChI is InChI=1S/C17H20N2O3/c1-19(14-7-3-2-4-8-14)12-11-18-17(21)13-22-16-10-6-5-9-15(16)20/h2-10,20H,11-13H2,1H3,(H,18,21). The molecule has 0 aliphatic rings. The van der Waals surface area contributed by atoms with Gasteiger partial charge in [-0.3, -0.25) is 4.79 Å². The summed E-state index contributed by atoms with van der Waals surface area (Å²) in [5.74, 6) is 0.114. The lowest BCUT2D eigenvalue weighted by molar-refractivity contribution is -0.123. The summed E-state index contributed by atoms with van der Waals surface area (Å²) in [7, 11) is 1.97. The maximum atomic E-state index is 11.7. The van der Waals surface area contributed by atoms with Crippen LogP contribution < -0.4 is 15.0 Å². The van der Waals surface area contributed by atoms with Gasteiger partial charge >= 0.3 is 0 Å². The molecule has 0 spiro atoms. The Labute approximate surface area is 130 Å². The zero-order valence-corrected chi connectivity index (χ0v) is 12.5. The Bertz CT molecular complexity index is 602. The molecule has 0 radical (unpaired) electrons. The third kappa shape index (κ3) is 4.70. The Balaban J connectivity index is 1.69. The number of hydrogen-bond donors (Lipinski definition) is 2. The first-order chi connectivity index (χ1) is 10.7. The summed E-state index contributed by atoms with van der Waals surface area (Å²) in [5.41, 5.74) is 1.10. The summed E-state index contributed by atoms with van der Waals surface area (Å²) in [5, 5.41) is 12.3. The van der Waals surface area contributed by atoms with Gasteiger partial charge in [-0.05, 0) is 24.3 Å². The molecule has 5 heteroatoms. The van der Waals surface area contributed by atoms with Gasteiger partial charge in [-0.1, -0.05) is 30.3 Å². The van der Waals surface area contributed by atoms with Crippen LogP contribution in [-0.4, -0.2) is 37.8 Å². The Morgan fingerprint density at radius 1 is 1.14 bits per heavy atom. The van der Waals surface area contributed by atoms with E-state index in [0.29, 0.717) is 18.8 Å². The van der Waals surface area contributed by atoms with Crippen LogP contribution >= 0.6 is 0 Å². The summed E-state index contributed by atoms with van der Waals surface area (Å²) in [4.78, 5) is 13.8. The molecule has 0 fully saturated rings. The maximum absolute atomic E-state index is 11.7. The molecule has 1 amide bonds. The van der Waals surface area contributed by atoms with Gasteiger partial charge in [0.1, 0.15) is 0 Å². The van der Waals surface area contributed by atoms with Crippen LogP contribution in [0.15, 0.2) is 54.6 Å². The molecule has 22 heavy (non-hydrogen) atoms. The number of benzene rings is 2. The molecular weight excluding hydrogens is 280 g/mol. The largest absolute Gasteiger partial charge is 0.504 e. The number of aromatic hydroxyl groups is 1. The fraction of sp³-hybridized carbons (Fsp3) is 0.235. The number of carbonyl (C=O) groups excluding carboxylic acids is 1. The van der Waals surface area contributed by atoms with Crippen molar-refractivity contribution in [3.8, 4) is 11.5 Å². The zero-order valence-electron chi connectivity index (χ0n) is 12.5. The number of anilines is 1. The number of phenols is 1. The maximum Gasteiger partial charge on any atom is 0.258 e. The molecule has 5 nitrogen and oxygen atoms in total. The molecule has 0 bridgehead atoms. The first-order valence-electron chi connectivity index (χ1n) is 7.10. The molecule has 0 atom stereocenters. The number of nitrogens with one attached hydrogen (secondary N) is 1.